The summed E-state index contributed by atoms with van der Waals surface area (Å²) in [5, 5.41) is 2.90. The summed E-state index contributed by atoms with van der Waals surface area (Å²) in [6.07, 6.45) is 1.71. The average molecular weight is 383 g/mol. The molecule has 1 amide bonds. The van der Waals surface area contributed by atoms with Gasteiger partial charge in [-0.1, -0.05) is 19.9 Å². The van der Waals surface area contributed by atoms with Crippen molar-refractivity contribution in [3.05, 3.63) is 33.4 Å². The van der Waals surface area contributed by atoms with Crippen molar-refractivity contribution in [3.8, 4) is 0 Å². The molecule has 0 bridgehead atoms. The number of carbonyl (C=O) groups excluding carboxylic acids is 1. The van der Waals surface area contributed by atoms with Gasteiger partial charge in [0.15, 0.2) is 0 Å². The maximum absolute atomic E-state index is 11.9. The van der Waals surface area contributed by atoms with Crippen LogP contribution >= 0.6 is 35.0 Å². The van der Waals surface area contributed by atoms with Crippen LogP contribution in [0.25, 0.3) is 0 Å². The number of hydrogen-bond acceptors (Lipinski definition) is 2. The molecule has 0 spiro atoms. The van der Waals surface area contributed by atoms with Crippen LogP contribution in [0.4, 0.5) is 0 Å². The Bertz CT molecular complexity index is 394. The van der Waals surface area contributed by atoms with E-state index in [0.717, 1.165) is 16.4 Å². The summed E-state index contributed by atoms with van der Waals surface area (Å²) < 4.78 is 1.06. The van der Waals surface area contributed by atoms with Crippen LogP contribution in [0.5, 0.6) is 0 Å². The average Bonchev–Trinajstić information content (AvgIpc) is 2.35. The van der Waals surface area contributed by atoms with Crippen molar-refractivity contribution >= 4 is 40.9 Å². The number of benzene rings is 1. The Hall–Kier alpha value is -0.330. The molecule has 0 unspecified atom stereocenters. The van der Waals surface area contributed by atoms with Crippen molar-refractivity contribution in [1.29, 1.82) is 0 Å². The van der Waals surface area contributed by atoms with E-state index >= 15 is 0 Å². The van der Waals surface area contributed by atoms with Crippen LogP contribution < -0.4 is 11.1 Å². The third-order valence-electron chi connectivity index (χ3n) is 3.10. The maximum atomic E-state index is 11.9. The van der Waals surface area contributed by atoms with Crippen molar-refractivity contribution in [1.82, 2.24) is 5.32 Å². The zero-order valence-corrected chi connectivity index (χ0v) is 13.7. The van der Waals surface area contributed by atoms with E-state index in [-0.39, 0.29) is 23.9 Å². The fraction of sp³-hybridized carbons (Fsp3) is 0.462. The van der Waals surface area contributed by atoms with Crippen LogP contribution in [0, 0.1) is 3.57 Å². The molecule has 102 valence electrons. The fourth-order valence-corrected chi connectivity index (χ4v) is 2.03. The SMILES string of the molecule is CCC(N)(CC)CNC(=O)c1cccc(I)c1.Cl. The first kappa shape index (κ1) is 17.7. The molecule has 0 aromatic heterocycles. The van der Waals surface area contributed by atoms with Crippen molar-refractivity contribution in [3.63, 3.8) is 0 Å². The normalized spacial score (nSPS) is 10.7. The van der Waals surface area contributed by atoms with Crippen molar-refractivity contribution < 1.29 is 4.79 Å². The van der Waals surface area contributed by atoms with E-state index in [2.05, 4.69) is 27.9 Å². The van der Waals surface area contributed by atoms with Gasteiger partial charge in [-0.05, 0) is 53.6 Å². The second-order valence-corrected chi connectivity index (χ2v) is 5.51. The van der Waals surface area contributed by atoms with Crippen LogP contribution in [0.15, 0.2) is 24.3 Å². The molecule has 0 atom stereocenters. The second-order valence-electron chi connectivity index (χ2n) is 4.26. The van der Waals surface area contributed by atoms with Crippen molar-refractivity contribution in [2.24, 2.45) is 5.73 Å². The summed E-state index contributed by atoms with van der Waals surface area (Å²) in [5.41, 5.74) is 6.53. The quantitative estimate of drug-likeness (QED) is 0.769. The molecule has 3 N–H and O–H groups in total. The number of nitrogens with two attached hydrogens (primary N) is 1. The van der Waals surface area contributed by atoms with Crippen LogP contribution in [0.3, 0.4) is 0 Å². The lowest BCUT2D eigenvalue weighted by molar-refractivity contribution is 0.0942. The molecule has 0 aliphatic heterocycles. The highest BCUT2D eigenvalue weighted by molar-refractivity contribution is 14.1. The minimum Gasteiger partial charge on any atom is -0.350 e. The van der Waals surface area contributed by atoms with Gasteiger partial charge in [-0.15, -0.1) is 12.4 Å². The van der Waals surface area contributed by atoms with Crippen LogP contribution in [0.1, 0.15) is 37.0 Å². The predicted octanol–water partition coefficient (Wildman–Crippen LogP) is 2.96. The lowest BCUT2D eigenvalue weighted by Crippen LogP contribution is -2.49. The van der Waals surface area contributed by atoms with Gasteiger partial charge in [-0.3, -0.25) is 4.79 Å². The second kappa shape index (κ2) is 7.96. The maximum Gasteiger partial charge on any atom is 0.251 e. The van der Waals surface area contributed by atoms with Gasteiger partial charge >= 0.3 is 0 Å². The molecule has 1 aromatic rings. The summed E-state index contributed by atoms with van der Waals surface area (Å²) in [6.45, 7) is 4.60. The Morgan fingerprint density at radius 2 is 2.00 bits per heavy atom. The molecule has 5 heteroatoms. The molecule has 0 radical (unpaired) electrons. The Labute approximate surface area is 128 Å². The lowest BCUT2D eigenvalue weighted by atomic mass is 9.94. The molecule has 0 heterocycles. The predicted molar refractivity (Wildman–Crippen MR) is 86.2 cm³/mol. The minimum absolute atomic E-state index is 0. The third kappa shape index (κ3) is 5.12. The standard InChI is InChI=1S/C13H19IN2O.ClH/c1-3-13(15,4-2)9-16-12(17)10-6-5-7-11(14)8-10;/h5-8H,3-4,9,15H2,1-2H3,(H,16,17);1H. The molecule has 3 nitrogen and oxygen atoms in total. The molecule has 0 fully saturated rings. The van der Waals surface area contributed by atoms with E-state index in [4.69, 9.17) is 5.73 Å². The fourth-order valence-electron chi connectivity index (χ4n) is 1.49. The molecule has 0 aliphatic carbocycles. The Morgan fingerprint density at radius 1 is 1.39 bits per heavy atom. The molecule has 1 rings (SSSR count). The zero-order valence-electron chi connectivity index (χ0n) is 10.7. The number of amides is 1. The van der Waals surface area contributed by atoms with Gasteiger partial charge in [0.2, 0.25) is 0 Å². The molecular formula is C13H20ClIN2O. The van der Waals surface area contributed by atoms with Crippen LogP contribution in [-0.4, -0.2) is 18.0 Å². The summed E-state index contributed by atoms with van der Waals surface area (Å²) in [7, 11) is 0. The van der Waals surface area contributed by atoms with E-state index in [1.54, 1.807) is 0 Å². The van der Waals surface area contributed by atoms with Gasteiger partial charge in [0.05, 0.1) is 0 Å². The van der Waals surface area contributed by atoms with E-state index in [1.807, 2.05) is 38.1 Å². The highest BCUT2D eigenvalue weighted by atomic mass is 127. The number of hydrogen-bond donors (Lipinski definition) is 2. The highest BCUT2D eigenvalue weighted by Gasteiger charge is 2.21. The first-order chi connectivity index (χ1) is 8.00. The third-order valence-corrected chi connectivity index (χ3v) is 3.77. The number of rotatable bonds is 5. The van der Waals surface area contributed by atoms with Crippen LogP contribution in [-0.2, 0) is 0 Å². The Balaban J connectivity index is 0.00000289. The number of halogens is 2. The Kier molecular flexibility index (Phi) is 7.82. The van der Waals surface area contributed by atoms with Crippen LogP contribution in [0.2, 0.25) is 0 Å². The number of nitrogens with one attached hydrogen (secondary N) is 1. The monoisotopic (exact) mass is 382 g/mol. The first-order valence-electron chi connectivity index (χ1n) is 5.83. The lowest BCUT2D eigenvalue weighted by Gasteiger charge is -2.26. The number of carbonyl (C=O) groups is 1. The molecule has 0 aliphatic rings. The van der Waals surface area contributed by atoms with E-state index in [1.165, 1.54) is 0 Å². The largest absolute Gasteiger partial charge is 0.350 e. The topological polar surface area (TPSA) is 55.1 Å². The van der Waals surface area contributed by atoms with Gasteiger partial charge in [-0.25, -0.2) is 0 Å². The van der Waals surface area contributed by atoms with Gasteiger partial charge in [0.1, 0.15) is 0 Å². The highest BCUT2D eigenvalue weighted by Crippen LogP contribution is 2.11. The summed E-state index contributed by atoms with van der Waals surface area (Å²) in [4.78, 5) is 11.9. The molecular weight excluding hydrogens is 363 g/mol. The van der Waals surface area contributed by atoms with E-state index < -0.39 is 0 Å². The van der Waals surface area contributed by atoms with E-state index in [0.29, 0.717) is 12.1 Å². The first-order valence-corrected chi connectivity index (χ1v) is 6.91. The molecule has 1 aromatic carbocycles. The van der Waals surface area contributed by atoms with Gasteiger partial charge in [0, 0.05) is 21.2 Å². The molecule has 18 heavy (non-hydrogen) atoms. The van der Waals surface area contributed by atoms with Gasteiger partial charge in [0.25, 0.3) is 5.91 Å². The molecule has 0 saturated heterocycles. The summed E-state index contributed by atoms with van der Waals surface area (Å²) >= 11 is 2.19. The van der Waals surface area contributed by atoms with Gasteiger partial charge < -0.3 is 11.1 Å². The minimum atomic E-state index is -0.294. The van der Waals surface area contributed by atoms with Gasteiger partial charge in [-0.2, -0.15) is 0 Å². The smallest absolute Gasteiger partial charge is 0.251 e. The molecule has 0 saturated carbocycles. The van der Waals surface area contributed by atoms with E-state index in [9.17, 15) is 4.79 Å². The Morgan fingerprint density at radius 3 is 2.50 bits per heavy atom. The summed E-state index contributed by atoms with van der Waals surface area (Å²) in [6, 6.07) is 7.52. The summed E-state index contributed by atoms with van der Waals surface area (Å²) in [5.74, 6) is -0.0553. The van der Waals surface area contributed by atoms with Crippen molar-refractivity contribution in [2.45, 2.75) is 32.2 Å². The van der Waals surface area contributed by atoms with Crippen molar-refractivity contribution in [2.75, 3.05) is 6.54 Å². The zero-order chi connectivity index (χ0) is 12.9.